The number of nitrogens with one attached hydrogen (secondary N) is 1. The number of ether oxygens (including phenoxy) is 1. The van der Waals surface area contributed by atoms with Crippen molar-refractivity contribution in [1.29, 1.82) is 0 Å². The van der Waals surface area contributed by atoms with Crippen LogP contribution in [0.1, 0.15) is 32.8 Å². The second-order valence-corrected chi connectivity index (χ2v) is 12.0. The van der Waals surface area contributed by atoms with E-state index in [2.05, 4.69) is 5.32 Å². The van der Waals surface area contributed by atoms with Crippen LogP contribution in [0.5, 0.6) is 5.75 Å². The molecule has 214 valence electrons. The fourth-order valence-corrected chi connectivity index (χ4v) is 5.81. The van der Waals surface area contributed by atoms with Crippen molar-refractivity contribution in [2.24, 2.45) is 0 Å². The molecule has 0 radical (unpaired) electrons. The molecule has 0 aliphatic rings. The van der Waals surface area contributed by atoms with Crippen LogP contribution in [0.25, 0.3) is 0 Å². The first-order valence-corrected chi connectivity index (χ1v) is 14.9. The zero-order valence-electron chi connectivity index (χ0n) is 22.8. The molecule has 0 saturated carbocycles. The fourth-order valence-electron chi connectivity index (χ4n) is 3.93. The second-order valence-electron chi connectivity index (χ2n) is 9.29. The summed E-state index contributed by atoms with van der Waals surface area (Å²) in [7, 11) is -2.72. The maximum absolute atomic E-state index is 14.0. The Bertz CT molecular complexity index is 1440. The van der Waals surface area contributed by atoms with Crippen molar-refractivity contribution in [2.75, 3.05) is 18.0 Å². The number of hydrogen-bond donors (Lipinski definition) is 1. The van der Waals surface area contributed by atoms with Gasteiger partial charge >= 0.3 is 0 Å². The van der Waals surface area contributed by atoms with E-state index in [-0.39, 0.29) is 39.1 Å². The monoisotopic (exact) mass is 605 g/mol. The second kappa shape index (κ2) is 13.9. The smallest absolute Gasteiger partial charge is 0.264 e. The molecule has 0 saturated heterocycles. The molecule has 3 rings (SSSR count). The Kier molecular flexibility index (Phi) is 10.8. The molecular formula is C29H33Cl2N3O5S. The summed E-state index contributed by atoms with van der Waals surface area (Å²) in [6.45, 7) is 4.83. The normalized spacial score (nSPS) is 12.8. The van der Waals surface area contributed by atoms with Crippen LogP contribution in [0.4, 0.5) is 5.69 Å². The van der Waals surface area contributed by atoms with E-state index in [0.29, 0.717) is 17.7 Å². The lowest BCUT2D eigenvalue weighted by Crippen LogP contribution is -2.52. The summed E-state index contributed by atoms with van der Waals surface area (Å²) in [6, 6.07) is 18.2. The van der Waals surface area contributed by atoms with Crippen molar-refractivity contribution in [3.63, 3.8) is 0 Å². The number of amides is 2. The van der Waals surface area contributed by atoms with Gasteiger partial charge in [0.25, 0.3) is 10.0 Å². The van der Waals surface area contributed by atoms with Crippen molar-refractivity contribution < 1.29 is 22.7 Å². The highest BCUT2D eigenvalue weighted by Gasteiger charge is 2.33. The first-order chi connectivity index (χ1) is 19.0. The van der Waals surface area contributed by atoms with Gasteiger partial charge in [0, 0.05) is 17.6 Å². The Labute approximate surface area is 245 Å². The number of rotatable bonds is 12. The van der Waals surface area contributed by atoms with E-state index in [4.69, 9.17) is 27.9 Å². The molecule has 0 aromatic heterocycles. The molecule has 3 aromatic rings. The lowest BCUT2D eigenvalue weighted by atomic mass is 10.1. The number of carbonyl (C=O) groups excluding carboxylic acids is 2. The van der Waals surface area contributed by atoms with Crippen LogP contribution in [0.2, 0.25) is 10.0 Å². The summed E-state index contributed by atoms with van der Waals surface area (Å²) in [5, 5.41) is 3.24. The SMILES string of the molecule is CC[C@H](C)NC(=O)[C@H](C)N(Cc1cccc(OC)c1)C(=O)CN(c1cc(Cl)ccc1Cl)S(=O)(=O)c1ccccc1. The third kappa shape index (κ3) is 7.68. The Morgan fingerprint density at radius 3 is 2.33 bits per heavy atom. The van der Waals surface area contributed by atoms with Crippen molar-refractivity contribution in [3.05, 3.63) is 88.4 Å². The molecule has 0 aliphatic carbocycles. The van der Waals surface area contributed by atoms with Crippen LogP contribution in [0.3, 0.4) is 0 Å². The number of sulfonamides is 1. The maximum atomic E-state index is 14.0. The largest absolute Gasteiger partial charge is 0.497 e. The molecule has 0 spiro atoms. The van der Waals surface area contributed by atoms with Gasteiger partial charge in [-0.2, -0.15) is 0 Å². The standard InChI is InChI=1S/C29H33Cl2N3O5S/c1-5-20(2)32-29(36)21(3)33(18-22-10-9-11-24(16-22)39-4)28(35)19-34(27-17-23(30)14-15-26(27)31)40(37,38)25-12-7-6-8-13-25/h6-17,20-21H,5,18-19H2,1-4H3,(H,32,36)/t20-,21-/m0/s1. The van der Waals surface area contributed by atoms with Crippen molar-refractivity contribution in [2.45, 2.75) is 50.7 Å². The maximum Gasteiger partial charge on any atom is 0.264 e. The molecule has 40 heavy (non-hydrogen) atoms. The first-order valence-electron chi connectivity index (χ1n) is 12.7. The van der Waals surface area contributed by atoms with Gasteiger partial charge < -0.3 is 15.0 Å². The molecule has 3 aromatic carbocycles. The average Bonchev–Trinajstić information content (AvgIpc) is 2.95. The highest BCUT2D eigenvalue weighted by Crippen LogP contribution is 2.33. The van der Waals surface area contributed by atoms with Gasteiger partial charge in [-0.15, -0.1) is 0 Å². The van der Waals surface area contributed by atoms with Gasteiger partial charge in [-0.1, -0.05) is 60.5 Å². The molecular weight excluding hydrogens is 573 g/mol. The van der Waals surface area contributed by atoms with Crippen LogP contribution in [-0.2, 0) is 26.2 Å². The number of methoxy groups -OCH3 is 1. The van der Waals surface area contributed by atoms with E-state index in [0.717, 1.165) is 4.31 Å². The van der Waals surface area contributed by atoms with Crippen LogP contribution in [-0.4, -0.2) is 50.9 Å². The minimum absolute atomic E-state index is 0.0271. The molecule has 0 aliphatic heterocycles. The quantitative estimate of drug-likeness (QED) is 0.293. The molecule has 2 atom stereocenters. The number of nitrogens with zero attached hydrogens (tertiary/aromatic N) is 2. The Hall–Kier alpha value is -3.27. The Morgan fingerprint density at radius 2 is 1.68 bits per heavy atom. The van der Waals surface area contributed by atoms with Crippen molar-refractivity contribution in [1.82, 2.24) is 10.2 Å². The zero-order chi connectivity index (χ0) is 29.4. The minimum atomic E-state index is -4.25. The van der Waals surface area contributed by atoms with Gasteiger partial charge in [0.15, 0.2) is 0 Å². The summed E-state index contributed by atoms with van der Waals surface area (Å²) >= 11 is 12.6. The molecule has 1 N–H and O–H groups in total. The lowest BCUT2D eigenvalue weighted by molar-refractivity contribution is -0.139. The first kappa shape index (κ1) is 31.3. The molecule has 0 fully saturated rings. The zero-order valence-corrected chi connectivity index (χ0v) is 25.1. The van der Waals surface area contributed by atoms with Crippen LogP contribution >= 0.6 is 23.2 Å². The number of benzene rings is 3. The van der Waals surface area contributed by atoms with Crippen LogP contribution in [0, 0.1) is 0 Å². The summed E-state index contributed by atoms with van der Waals surface area (Å²) in [5.74, 6) is -0.380. The van der Waals surface area contributed by atoms with Crippen molar-refractivity contribution in [3.8, 4) is 5.75 Å². The van der Waals surface area contributed by atoms with E-state index >= 15 is 0 Å². The van der Waals surface area contributed by atoms with E-state index in [1.807, 2.05) is 13.8 Å². The fraction of sp³-hybridized carbons (Fsp3) is 0.310. The molecule has 11 heteroatoms. The number of carbonyl (C=O) groups is 2. The van der Waals surface area contributed by atoms with Gasteiger partial charge in [-0.25, -0.2) is 8.42 Å². The molecule has 0 unspecified atom stereocenters. The number of hydrogen-bond acceptors (Lipinski definition) is 5. The van der Waals surface area contributed by atoms with Gasteiger partial charge in [0.05, 0.1) is 22.7 Å². The summed E-state index contributed by atoms with van der Waals surface area (Å²) < 4.78 is 33.9. The lowest BCUT2D eigenvalue weighted by Gasteiger charge is -2.32. The predicted octanol–water partition coefficient (Wildman–Crippen LogP) is 5.53. The van der Waals surface area contributed by atoms with Gasteiger partial charge in [0.1, 0.15) is 18.3 Å². The van der Waals surface area contributed by atoms with Gasteiger partial charge in [0.2, 0.25) is 11.8 Å². The van der Waals surface area contributed by atoms with Crippen molar-refractivity contribution >= 4 is 50.7 Å². The van der Waals surface area contributed by atoms with Crippen LogP contribution in [0.15, 0.2) is 77.7 Å². The number of anilines is 1. The number of halogens is 2. The molecule has 0 heterocycles. The van der Waals surface area contributed by atoms with E-state index in [1.54, 1.807) is 49.4 Å². The molecule has 0 bridgehead atoms. The predicted molar refractivity (Wildman–Crippen MR) is 158 cm³/mol. The third-order valence-electron chi connectivity index (χ3n) is 6.44. The summed E-state index contributed by atoms with van der Waals surface area (Å²) in [4.78, 5) is 28.5. The highest BCUT2D eigenvalue weighted by atomic mass is 35.5. The minimum Gasteiger partial charge on any atom is -0.497 e. The van der Waals surface area contributed by atoms with E-state index in [9.17, 15) is 18.0 Å². The van der Waals surface area contributed by atoms with E-state index < -0.39 is 28.5 Å². The van der Waals surface area contributed by atoms with E-state index in [1.165, 1.54) is 42.3 Å². The van der Waals surface area contributed by atoms with Gasteiger partial charge in [-0.3, -0.25) is 13.9 Å². The van der Waals surface area contributed by atoms with Crippen LogP contribution < -0.4 is 14.4 Å². The highest BCUT2D eigenvalue weighted by molar-refractivity contribution is 7.92. The average molecular weight is 607 g/mol. The third-order valence-corrected chi connectivity index (χ3v) is 8.77. The topological polar surface area (TPSA) is 96.0 Å². The molecule has 8 nitrogen and oxygen atoms in total. The Morgan fingerprint density at radius 1 is 0.975 bits per heavy atom. The summed E-state index contributed by atoms with van der Waals surface area (Å²) in [6.07, 6.45) is 0.707. The molecule has 2 amide bonds. The Balaban J connectivity index is 2.06. The van der Waals surface area contributed by atoms with Gasteiger partial charge in [-0.05, 0) is 68.3 Å². The summed E-state index contributed by atoms with van der Waals surface area (Å²) in [5.41, 5.74) is 0.749.